The summed E-state index contributed by atoms with van der Waals surface area (Å²) in [7, 11) is 0. The van der Waals surface area contributed by atoms with Crippen LogP contribution in [0.25, 0.3) is 5.69 Å². The van der Waals surface area contributed by atoms with Crippen LogP contribution in [-0.4, -0.2) is 15.7 Å². The van der Waals surface area contributed by atoms with Crippen LogP contribution in [0.5, 0.6) is 0 Å². The Balaban J connectivity index is 1.95. The molecule has 0 N–H and O–H groups in total. The predicted octanol–water partition coefficient (Wildman–Crippen LogP) is 4.75. The second kappa shape index (κ2) is 6.50. The monoisotopic (exact) mass is 319 g/mol. The highest BCUT2D eigenvalue weighted by molar-refractivity contribution is 5.82. The lowest BCUT2D eigenvalue weighted by Crippen LogP contribution is -2.00. The third kappa shape index (κ3) is 3.10. The van der Waals surface area contributed by atoms with Crippen molar-refractivity contribution < 1.29 is 4.92 Å². The molecular formula is C19H17N3O2. The number of hydrogen-bond donors (Lipinski definition) is 0. The number of nitro benzene ring substituents is 1. The van der Waals surface area contributed by atoms with Crippen LogP contribution in [0.4, 0.5) is 11.4 Å². The quantitative estimate of drug-likeness (QED) is 0.396. The van der Waals surface area contributed by atoms with Gasteiger partial charge in [-0.25, -0.2) is 0 Å². The number of aromatic nitrogens is 1. The standard InChI is InChI=1S/C19H17N3O2/c1-14-12-17(22(23)24)10-11-19(14)20-13-18-9-8-15(2)21(18)16-6-4-3-5-7-16/h3-13H,1-2H3. The minimum Gasteiger partial charge on any atom is -0.313 e. The maximum atomic E-state index is 10.8. The first-order chi connectivity index (χ1) is 11.6. The molecule has 0 amide bonds. The highest BCUT2D eigenvalue weighted by atomic mass is 16.6. The van der Waals surface area contributed by atoms with Crippen molar-refractivity contribution in [1.29, 1.82) is 0 Å². The van der Waals surface area contributed by atoms with Crippen LogP contribution in [0.1, 0.15) is 17.0 Å². The zero-order valence-electron chi connectivity index (χ0n) is 13.5. The summed E-state index contributed by atoms with van der Waals surface area (Å²) >= 11 is 0. The molecule has 0 spiro atoms. The van der Waals surface area contributed by atoms with E-state index in [4.69, 9.17) is 0 Å². The third-order valence-corrected chi connectivity index (χ3v) is 3.85. The van der Waals surface area contributed by atoms with Crippen LogP contribution >= 0.6 is 0 Å². The van der Waals surface area contributed by atoms with Crippen molar-refractivity contribution >= 4 is 17.6 Å². The highest BCUT2D eigenvalue weighted by Gasteiger charge is 2.08. The molecule has 0 bridgehead atoms. The summed E-state index contributed by atoms with van der Waals surface area (Å²) in [5.41, 5.74) is 4.71. The summed E-state index contributed by atoms with van der Waals surface area (Å²) in [6.45, 7) is 3.86. The number of aliphatic imine (C=N–C) groups is 1. The van der Waals surface area contributed by atoms with Gasteiger partial charge in [0.1, 0.15) is 0 Å². The zero-order valence-corrected chi connectivity index (χ0v) is 13.5. The van der Waals surface area contributed by atoms with E-state index < -0.39 is 4.92 Å². The molecule has 0 unspecified atom stereocenters. The van der Waals surface area contributed by atoms with Gasteiger partial charge in [0.15, 0.2) is 0 Å². The number of rotatable bonds is 4. The summed E-state index contributed by atoms with van der Waals surface area (Å²) in [6, 6.07) is 18.8. The van der Waals surface area contributed by atoms with Crippen molar-refractivity contribution in [2.75, 3.05) is 0 Å². The summed E-state index contributed by atoms with van der Waals surface area (Å²) < 4.78 is 2.12. The Morgan fingerprint density at radius 1 is 1.04 bits per heavy atom. The van der Waals surface area contributed by atoms with Gasteiger partial charge in [-0.15, -0.1) is 0 Å². The zero-order chi connectivity index (χ0) is 17.1. The van der Waals surface area contributed by atoms with E-state index in [1.54, 1.807) is 12.3 Å². The van der Waals surface area contributed by atoms with Gasteiger partial charge in [-0.3, -0.25) is 15.1 Å². The Kier molecular flexibility index (Phi) is 4.24. The fourth-order valence-corrected chi connectivity index (χ4v) is 2.62. The number of hydrogen-bond acceptors (Lipinski definition) is 3. The van der Waals surface area contributed by atoms with Crippen molar-refractivity contribution in [3.05, 3.63) is 87.7 Å². The summed E-state index contributed by atoms with van der Waals surface area (Å²) in [6.07, 6.45) is 1.79. The summed E-state index contributed by atoms with van der Waals surface area (Å²) in [4.78, 5) is 14.9. The van der Waals surface area contributed by atoms with E-state index in [1.807, 2.05) is 56.3 Å². The largest absolute Gasteiger partial charge is 0.313 e. The van der Waals surface area contributed by atoms with Crippen molar-refractivity contribution in [2.45, 2.75) is 13.8 Å². The molecule has 0 aliphatic carbocycles. The van der Waals surface area contributed by atoms with E-state index >= 15 is 0 Å². The van der Waals surface area contributed by atoms with Gasteiger partial charge >= 0.3 is 0 Å². The molecule has 0 aliphatic rings. The van der Waals surface area contributed by atoms with Crippen LogP contribution in [0.3, 0.4) is 0 Å². The highest BCUT2D eigenvalue weighted by Crippen LogP contribution is 2.24. The average Bonchev–Trinajstić information content (AvgIpc) is 2.95. The Bertz CT molecular complexity index is 912. The minimum atomic E-state index is -0.398. The first kappa shape index (κ1) is 15.7. The average molecular weight is 319 g/mol. The third-order valence-electron chi connectivity index (χ3n) is 3.85. The summed E-state index contributed by atoms with van der Waals surface area (Å²) in [5, 5.41) is 10.8. The molecule has 120 valence electrons. The number of aryl methyl sites for hydroxylation is 2. The molecule has 0 saturated heterocycles. The van der Waals surface area contributed by atoms with Crippen LogP contribution < -0.4 is 0 Å². The summed E-state index contributed by atoms with van der Waals surface area (Å²) in [5.74, 6) is 0. The van der Waals surface area contributed by atoms with E-state index in [0.717, 1.165) is 28.3 Å². The number of para-hydroxylation sites is 1. The van der Waals surface area contributed by atoms with Gasteiger partial charge in [0.05, 0.1) is 22.5 Å². The molecule has 0 aliphatic heterocycles. The fourth-order valence-electron chi connectivity index (χ4n) is 2.62. The van der Waals surface area contributed by atoms with Crippen LogP contribution in [0, 0.1) is 24.0 Å². The molecule has 0 atom stereocenters. The van der Waals surface area contributed by atoms with Gasteiger partial charge < -0.3 is 4.57 Å². The van der Waals surface area contributed by atoms with Crippen LogP contribution in [0.15, 0.2) is 65.7 Å². The second-order valence-electron chi connectivity index (χ2n) is 5.56. The lowest BCUT2D eigenvalue weighted by Gasteiger charge is -2.09. The van der Waals surface area contributed by atoms with Gasteiger partial charge in [0.25, 0.3) is 5.69 Å². The predicted molar refractivity (Wildman–Crippen MR) is 95.6 cm³/mol. The van der Waals surface area contributed by atoms with Gasteiger partial charge in [0, 0.05) is 23.5 Å². The smallest absolute Gasteiger partial charge is 0.269 e. The number of nitrogens with zero attached hydrogens (tertiary/aromatic N) is 3. The van der Waals surface area contributed by atoms with Crippen molar-refractivity contribution in [3.63, 3.8) is 0 Å². The van der Waals surface area contributed by atoms with Gasteiger partial charge in [-0.1, -0.05) is 18.2 Å². The Hall–Kier alpha value is -3.21. The number of nitro groups is 1. The van der Waals surface area contributed by atoms with Gasteiger partial charge in [0.2, 0.25) is 0 Å². The molecule has 24 heavy (non-hydrogen) atoms. The topological polar surface area (TPSA) is 60.4 Å². The lowest BCUT2D eigenvalue weighted by molar-refractivity contribution is -0.384. The van der Waals surface area contributed by atoms with Gasteiger partial charge in [-0.05, 0) is 49.7 Å². The van der Waals surface area contributed by atoms with Crippen molar-refractivity contribution in [1.82, 2.24) is 4.57 Å². The molecular weight excluding hydrogens is 302 g/mol. The van der Waals surface area contributed by atoms with Crippen molar-refractivity contribution in [2.24, 2.45) is 4.99 Å². The lowest BCUT2D eigenvalue weighted by atomic mass is 10.2. The first-order valence-electron chi connectivity index (χ1n) is 7.59. The molecule has 5 heteroatoms. The molecule has 3 rings (SSSR count). The molecule has 5 nitrogen and oxygen atoms in total. The Labute approximate surface area is 140 Å². The first-order valence-corrected chi connectivity index (χ1v) is 7.59. The SMILES string of the molecule is Cc1cc([N+](=O)[O-])ccc1N=Cc1ccc(C)n1-c1ccccc1. The maximum absolute atomic E-state index is 10.8. The van der Waals surface area contributed by atoms with E-state index in [9.17, 15) is 10.1 Å². The van der Waals surface area contributed by atoms with Crippen LogP contribution in [0.2, 0.25) is 0 Å². The molecule has 0 radical (unpaired) electrons. The molecule has 2 aromatic carbocycles. The molecule has 1 heterocycles. The van der Waals surface area contributed by atoms with E-state index in [1.165, 1.54) is 12.1 Å². The van der Waals surface area contributed by atoms with Gasteiger partial charge in [-0.2, -0.15) is 0 Å². The molecule has 1 aromatic heterocycles. The van der Waals surface area contributed by atoms with Crippen molar-refractivity contribution in [3.8, 4) is 5.69 Å². The minimum absolute atomic E-state index is 0.0787. The molecule has 0 saturated carbocycles. The maximum Gasteiger partial charge on any atom is 0.269 e. The van der Waals surface area contributed by atoms with Crippen LogP contribution in [-0.2, 0) is 0 Å². The van der Waals surface area contributed by atoms with E-state index in [0.29, 0.717) is 0 Å². The second-order valence-corrected chi connectivity index (χ2v) is 5.56. The normalized spacial score (nSPS) is 11.1. The number of non-ortho nitro benzene ring substituents is 1. The van der Waals surface area contributed by atoms with E-state index in [2.05, 4.69) is 9.56 Å². The Morgan fingerprint density at radius 2 is 1.79 bits per heavy atom. The molecule has 3 aromatic rings. The number of benzene rings is 2. The fraction of sp³-hybridized carbons (Fsp3) is 0.105. The molecule has 0 fully saturated rings. The van der Waals surface area contributed by atoms with E-state index in [-0.39, 0.29) is 5.69 Å². The Morgan fingerprint density at radius 3 is 2.46 bits per heavy atom.